The third-order valence-corrected chi connectivity index (χ3v) is 2.75. The number of aryl methyl sites for hydroxylation is 1. The van der Waals surface area contributed by atoms with E-state index in [1.165, 1.54) is 30.1 Å². The van der Waals surface area contributed by atoms with E-state index in [0.717, 1.165) is 6.07 Å². The van der Waals surface area contributed by atoms with Gasteiger partial charge in [0, 0.05) is 12.6 Å². The van der Waals surface area contributed by atoms with Crippen LogP contribution in [0.5, 0.6) is 5.75 Å². The van der Waals surface area contributed by atoms with Gasteiger partial charge in [-0.05, 0) is 12.1 Å². The van der Waals surface area contributed by atoms with Gasteiger partial charge in [-0.15, -0.1) is 0 Å². The van der Waals surface area contributed by atoms with Crippen LogP contribution in [0.4, 0.5) is 18.9 Å². The highest BCUT2D eigenvalue weighted by Gasteiger charge is 2.35. The number of hydrogen-bond acceptors (Lipinski definition) is 3. The van der Waals surface area contributed by atoms with E-state index >= 15 is 0 Å². The summed E-state index contributed by atoms with van der Waals surface area (Å²) >= 11 is 0. The van der Waals surface area contributed by atoms with Crippen molar-refractivity contribution in [2.24, 2.45) is 7.05 Å². The van der Waals surface area contributed by atoms with Gasteiger partial charge in [0.25, 0.3) is 0 Å². The number of benzene rings is 1. The van der Waals surface area contributed by atoms with Crippen molar-refractivity contribution in [2.75, 3.05) is 12.8 Å². The van der Waals surface area contributed by atoms with Gasteiger partial charge in [0.05, 0.1) is 30.3 Å². The van der Waals surface area contributed by atoms with Gasteiger partial charge in [0.1, 0.15) is 5.75 Å². The lowest BCUT2D eigenvalue weighted by atomic mass is 10.0. The molecular formula is C12H12F3N3O. The third kappa shape index (κ3) is 2.23. The molecule has 0 atom stereocenters. The lowest BCUT2D eigenvalue weighted by Crippen LogP contribution is -2.09. The van der Waals surface area contributed by atoms with Gasteiger partial charge >= 0.3 is 6.18 Å². The number of alkyl halides is 3. The zero-order valence-electron chi connectivity index (χ0n) is 10.3. The highest BCUT2D eigenvalue weighted by molar-refractivity contribution is 5.78. The quantitative estimate of drug-likeness (QED) is 0.913. The summed E-state index contributed by atoms with van der Waals surface area (Å²) in [6, 6.07) is 3.80. The first kappa shape index (κ1) is 13.3. The maximum absolute atomic E-state index is 12.9. The third-order valence-electron chi connectivity index (χ3n) is 2.75. The zero-order chi connectivity index (χ0) is 14.2. The van der Waals surface area contributed by atoms with E-state index in [0.29, 0.717) is 11.4 Å². The summed E-state index contributed by atoms with van der Waals surface area (Å²) in [5.41, 5.74) is 5.84. The summed E-state index contributed by atoms with van der Waals surface area (Å²) in [6.45, 7) is 0. The summed E-state index contributed by atoms with van der Waals surface area (Å²) in [4.78, 5) is 0. The van der Waals surface area contributed by atoms with E-state index < -0.39 is 11.7 Å². The molecule has 4 nitrogen and oxygen atoms in total. The molecule has 0 aliphatic carbocycles. The summed E-state index contributed by atoms with van der Waals surface area (Å²) in [6.07, 6.45) is -3.11. The van der Waals surface area contributed by atoms with Crippen LogP contribution in [0.2, 0.25) is 0 Å². The van der Waals surface area contributed by atoms with Crippen LogP contribution in [-0.2, 0) is 13.2 Å². The Balaban J connectivity index is 2.72. The van der Waals surface area contributed by atoms with Crippen molar-refractivity contribution in [2.45, 2.75) is 6.18 Å². The number of nitrogens with zero attached hydrogens (tertiary/aromatic N) is 2. The van der Waals surface area contributed by atoms with E-state index in [1.807, 2.05) is 0 Å². The van der Waals surface area contributed by atoms with Crippen molar-refractivity contribution < 1.29 is 17.9 Å². The molecule has 0 spiro atoms. The molecule has 0 radical (unpaired) electrons. The molecule has 0 bridgehead atoms. The van der Waals surface area contributed by atoms with Gasteiger partial charge in [-0.25, -0.2) is 0 Å². The van der Waals surface area contributed by atoms with E-state index in [4.69, 9.17) is 10.5 Å². The summed E-state index contributed by atoms with van der Waals surface area (Å²) in [7, 11) is 2.80. The lowest BCUT2D eigenvalue weighted by molar-refractivity contribution is -0.138. The minimum absolute atomic E-state index is 0.259. The van der Waals surface area contributed by atoms with Gasteiger partial charge in [0.2, 0.25) is 0 Å². The standard InChI is InChI=1S/C12H12F3N3O/c1-18-10(9(16)6-17-18)7-4-3-5-8(11(7)19-2)12(13,14)15/h3-6H,16H2,1-2H3. The number of halogens is 3. The van der Waals surface area contributed by atoms with Gasteiger partial charge in [-0.1, -0.05) is 6.07 Å². The fourth-order valence-corrected chi connectivity index (χ4v) is 1.95. The monoisotopic (exact) mass is 271 g/mol. The van der Waals surface area contributed by atoms with Crippen LogP contribution in [-0.4, -0.2) is 16.9 Å². The number of hydrogen-bond donors (Lipinski definition) is 1. The summed E-state index contributed by atoms with van der Waals surface area (Å²) < 4.78 is 45.1. The van der Waals surface area contributed by atoms with Crippen LogP contribution in [0.25, 0.3) is 11.3 Å². The highest BCUT2D eigenvalue weighted by Crippen LogP contribution is 2.42. The van der Waals surface area contributed by atoms with Crippen molar-refractivity contribution in [3.05, 3.63) is 30.0 Å². The number of para-hydroxylation sites is 1. The molecule has 19 heavy (non-hydrogen) atoms. The van der Waals surface area contributed by atoms with Gasteiger partial charge in [0.15, 0.2) is 0 Å². The number of nitrogens with two attached hydrogens (primary N) is 1. The lowest BCUT2D eigenvalue weighted by Gasteiger charge is -2.16. The molecule has 1 aromatic carbocycles. The molecule has 2 aromatic rings. The summed E-state index contributed by atoms with van der Waals surface area (Å²) in [5, 5.41) is 3.91. The van der Waals surface area contributed by atoms with E-state index in [9.17, 15) is 13.2 Å². The normalized spacial score (nSPS) is 11.6. The number of ether oxygens (including phenoxy) is 1. The Bertz CT molecular complexity index is 585. The molecule has 2 rings (SSSR count). The molecule has 0 unspecified atom stereocenters. The van der Waals surface area contributed by atoms with Crippen LogP contribution in [0.3, 0.4) is 0 Å². The van der Waals surface area contributed by atoms with Crippen LogP contribution >= 0.6 is 0 Å². The molecule has 1 heterocycles. The second-order valence-electron chi connectivity index (χ2n) is 3.96. The average Bonchev–Trinajstić information content (AvgIpc) is 2.67. The van der Waals surface area contributed by atoms with Crippen molar-refractivity contribution in [1.82, 2.24) is 9.78 Å². The zero-order valence-corrected chi connectivity index (χ0v) is 10.3. The molecule has 7 heteroatoms. The first-order chi connectivity index (χ1) is 8.86. The first-order valence-corrected chi connectivity index (χ1v) is 5.38. The van der Waals surface area contributed by atoms with Crippen molar-refractivity contribution in [3.63, 3.8) is 0 Å². The Kier molecular flexibility index (Phi) is 3.13. The fourth-order valence-electron chi connectivity index (χ4n) is 1.95. The Morgan fingerprint density at radius 3 is 2.47 bits per heavy atom. The molecule has 0 fully saturated rings. The molecular weight excluding hydrogens is 259 g/mol. The number of rotatable bonds is 2. The predicted molar refractivity (Wildman–Crippen MR) is 64.6 cm³/mol. The van der Waals surface area contributed by atoms with Crippen LogP contribution in [0.15, 0.2) is 24.4 Å². The van der Waals surface area contributed by atoms with Crippen molar-refractivity contribution >= 4 is 5.69 Å². The maximum atomic E-state index is 12.9. The SMILES string of the molecule is COc1c(-c2c(N)cnn2C)cccc1C(F)(F)F. The molecule has 1 aromatic heterocycles. The van der Waals surface area contributed by atoms with E-state index in [1.54, 1.807) is 7.05 Å². The number of aromatic nitrogens is 2. The Labute approximate surface area is 107 Å². The van der Waals surface area contributed by atoms with Crippen LogP contribution in [0.1, 0.15) is 5.56 Å². The highest BCUT2D eigenvalue weighted by atomic mass is 19.4. The molecule has 0 amide bonds. The number of methoxy groups -OCH3 is 1. The van der Waals surface area contributed by atoms with Gasteiger partial charge < -0.3 is 10.5 Å². The molecule has 2 N–H and O–H groups in total. The van der Waals surface area contributed by atoms with Crippen LogP contribution in [0, 0.1) is 0 Å². The average molecular weight is 271 g/mol. The van der Waals surface area contributed by atoms with Gasteiger partial charge in [-0.2, -0.15) is 18.3 Å². The minimum atomic E-state index is -4.49. The fraction of sp³-hybridized carbons (Fsp3) is 0.250. The first-order valence-electron chi connectivity index (χ1n) is 5.38. The van der Waals surface area contributed by atoms with E-state index in [2.05, 4.69) is 5.10 Å². The predicted octanol–water partition coefficient (Wildman–Crippen LogP) is 2.70. The molecule has 102 valence electrons. The minimum Gasteiger partial charge on any atom is -0.495 e. The Morgan fingerprint density at radius 1 is 1.32 bits per heavy atom. The maximum Gasteiger partial charge on any atom is 0.419 e. The molecule has 0 saturated heterocycles. The second-order valence-corrected chi connectivity index (χ2v) is 3.96. The molecule has 0 saturated carbocycles. The largest absolute Gasteiger partial charge is 0.495 e. The molecule has 0 aliphatic heterocycles. The summed E-state index contributed by atoms with van der Waals surface area (Å²) in [5.74, 6) is -0.259. The Hall–Kier alpha value is -2.18. The second kappa shape index (κ2) is 4.49. The van der Waals surface area contributed by atoms with Crippen molar-refractivity contribution in [1.29, 1.82) is 0 Å². The smallest absolute Gasteiger partial charge is 0.419 e. The number of anilines is 1. The number of nitrogen functional groups attached to an aromatic ring is 1. The van der Waals surface area contributed by atoms with Crippen LogP contribution < -0.4 is 10.5 Å². The van der Waals surface area contributed by atoms with Crippen molar-refractivity contribution in [3.8, 4) is 17.0 Å². The molecule has 0 aliphatic rings. The van der Waals surface area contributed by atoms with Gasteiger partial charge in [-0.3, -0.25) is 4.68 Å². The topological polar surface area (TPSA) is 53.1 Å². The Morgan fingerprint density at radius 2 is 2.00 bits per heavy atom. The van der Waals surface area contributed by atoms with E-state index in [-0.39, 0.29) is 11.3 Å².